The van der Waals surface area contributed by atoms with Gasteiger partial charge in [-0.15, -0.1) is 4.40 Å². The average molecular weight is 599 g/mol. The van der Waals surface area contributed by atoms with E-state index in [1.165, 1.54) is 6.07 Å². The van der Waals surface area contributed by atoms with E-state index in [-0.39, 0.29) is 29.1 Å². The summed E-state index contributed by atoms with van der Waals surface area (Å²) in [4.78, 5) is 0. The molecule has 0 radical (unpaired) electrons. The van der Waals surface area contributed by atoms with Gasteiger partial charge >= 0.3 is 0 Å². The molecule has 2 aromatic carbocycles. The fourth-order valence-corrected chi connectivity index (χ4v) is 7.37. The second-order valence-corrected chi connectivity index (χ2v) is 18.9. The third kappa shape index (κ3) is 6.65. The Hall–Kier alpha value is -1.55. The van der Waals surface area contributed by atoms with E-state index >= 15 is 0 Å². The normalized spacial score (nSPS) is 20.4. The number of halogens is 2. The number of nitrogens with zero attached hydrogens (tertiary/aromatic N) is 1. The zero-order chi connectivity index (χ0) is 26.9. The molecule has 0 bridgehead atoms. The van der Waals surface area contributed by atoms with Crippen LogP contribution in [0.25, 0.3) is 0 Å². The van der Waals surface area contributed by atoms with Gasteiger partial charge in [-0.2, -0.15) is 0 Å². The summed E-state index contributed by atoms with van der Waals surface area (Å²) in [6, 6.07) is 13.7. The van der Waals surface area contributed by atoms with Crippen LogP contribution in [0.5, 0.6) is 0 Å². The van der Waals surface area contributed by atoms with E-state index in [2.05, 4.69) is 54.2 Å². The highest BCUT2D eigenvalue weighted by molar-refractivity contribution is 9.10. The molecule has 1 heterocycles. The molecular weight excluding hydrogens is 561 g/mol. The molecule has 0 spiro atoms. The molecule has 0 N–H and O–H groups in total. The van der Waals surface area contributed by atoms with Crippen LogP contribution in [0.4, 0.5) is 4.39 Å². The van der Waals surface area contributed by atoms with Crippen molar-refractivity contribution in [1.29, 1.82) is 0 Å². The summed E-state index contributed by atoms with van der Waals surface area (Å²) in [5.41, 5.74) is 0.0635. The minimum Gasteiger partial charge on any atom is -0.472 e. The zero-order valence-electron chi connectivity index (χ0n) is 22.1. The van der Waals surface area contributed by atoms with Gasteiger partial charge in [0.05, 0.1) is 0 Å². The first-order valence-corrected chi connectivity index (χ1v) is 17.4. The van der Waals surface area contributed by atoms with Crippen LogP contribution >= 0.6 is 15.9 Å². The Balaban J connectivity index is 1.89. The van der Waals surface area contributed by atoms with Gasteiger partial charge in [0.25, 0.3) is 10.0 Å². The predicted molar refractivity (Wildman–Crippen MR) is 150 cm³/mol. The van der Waals surface area contributed by atoms with Gasteiger partial charge in [0, 0.05) is 17.5 Å². The SMILES string of the molecule is CC1(C)OC(C[C@@H](CCO[Si](C)(C)C(C)(C)C)c2ccccc2F)=NS(=O)(=O)C1c1ccc(Br)cc1. The van der Waals surface area contributed by atoms with Crippen LogP contribution in [0, 0.1) is 5.82 Å². The lowest BCUT2D eigenvalue weighted by Gasteiger charge is -2.38. The average Bonchev–Trinajstić information content (AvgIpc) is 2.72. The Morgan fingerprint density at radius 2 is 1.75 bits per heavy atom. The molecule has 2 atom stereocenters. The number of benzene rings is 2. The summed E-state index contributed by atoms with van der Waals surface area (Å²) in [5, 5.41) is -0.896. The molecule has 0 aliphatic carbocycles. The molecular formula is C27H37BrFNO4SSi. The van der Waals surface area contributed by atoms with Gasteiger partial charge in [-0.3, -0.25) is 0 Å². The van der Waals surface area contributed by atoms with Gasteiger partial charge in [-0.1, -0.05) is 67.0 Å². The molecule has 1 aliphatic rings. The van der Waals surface area contributed by atoms with Crippen LogP contribution in [0.1, 0.15) is 69.8 Å². The van der Waals surface area contributed by atoms with E-state index in [4.69, 9.17) is 9.16 Å². The monoisotopic (exact) mass is 597 g/mol. The first kappa shape index (κ1) is 29.0. The molecule has 2 aromatic rings. The lowest BCUT2D eigenvalue weighted by atomic mass is 9.91. The standard InChI is InChI=1S/C27H37BrFNO4SSi/c1-26(2,3)36(6,7)33-17-16-20(22-10-8-9-11-23(22)29)18-24-30-35(31,32)25(27(4,5)34-24)19-12-14-21(28)15-13-19/h8-15,20,25H,16-18H2,1-7H3/t20-,25?/m1/s1. The summed E-state index contributed by atoms with van der Waals surface area (Å²) in [6.07, 6.45) is 0.684. The van der Waals surface area contributed by atoms with Gasteiger partial charge < -0.3 is 9.16 Å². The minimum absolute atomic E-state index is 0.0528. The largest absolute Gasteiger partial charge is 0.472 e. The van der Waals surface area contributed by atoms with Crippen LogP contribution in [0.2, 0.25) is 18.1 Å². The topological polar surface area (TPSA) is 65.0 Å². The van der Waals surface area contributed by atoms with E-state index in [9.17, 15) is 12.8 Å². The van der Waals surface area contributed by atoms with E-state index in [0.29, 0.717) is 24.2 Å². The maximum Gasteiger partial charge on any atom is 0.267 e. The van der Waals surface area contributed by atoms with Crippen LogP contribution in [-0.4, -0.2) is 34.8 Å². The fourth-order valence-electron chi connectivity index (χ4n) is 4.28. The zero-order valence-corrected chi connectivity index (χ0v) is 25.5. The quantitative estimate of drug-likeness (QED) is 0.292. The molecule has 1 unspecified atom stereocenters. The van der Waals surface area contributed by atoms with E-state index in [1.54, 1.807) is 56.3 Å². The molecule has 198 valence electrons. The highest BCUT2D eigenvalue weighted by Crippen LogP contribution is 2.42. The predicted octanol–water partition coefficient (Wildman–Crippen LogP) is 7.75. The summed E-state index contributed by atoms with van der Waals surface area (Å²) in [5.74, 6) is -0.569. The van der Waals surface area contributed by atoms with Crippen molar-refractivity contribution in [2.75, 3.05) is 6.61 Å². The number of hydrogen-bond acceptors (Lipinski definition) is 4. The molecule has 1 aliphatic heterocycles. The highest BCUT2D eigenvalue weighted by atomic mass is 79.9. The van der Waals surface area contributed by atoms with Crippen LogP contribution < -0.4 is 0 Å². The van der Waals surface area contributed by atoms with Gasteiger partial charge in [0.1, 0.15) is 16.7 Å². The van der Waals surface area contributed by atoms with E-state index in [0.717, 1.165) is 4.47 Å². The molecule has 0 saturated carbocycles. The summed E-state index contributed by atoms with van der Waals surface area (Å²) in [6.45, 7) is 14.8. The van der Waals surface area contributed by atoms with Crippen LogP contribution in [0.3, 0.4) is 0 Å². The van der Waals surface area contributed by atoms with Crippen molar-refractivity contribution < 1.29 is 22.0 Å². The minimum atomic E-state index is -3.92. The third-order valence-corrected chi connectivity index (χ3v) is 14.2. The molecule has 5 nitrogen and oxygen atoms in total. The van der Waals surface area contributed by atoms with Crippen molar-refractivity contribution in [1.82, 2.24) is 0 Å². The molecule has 3 rings (SSSR count). The van der Waals surface area contributed by atoms with E-state index < -0.39 is 29.2 Å². The maximum absolute atomic E-state index is 14.8. The molecule has 36 heavy (non-hydrogen) atoms. The van der Waals surface area contributed by atoms with Crippen LogP contribution in [-0.2, 0) is 19.2 Å². The Labute approximate surface area is 224 Å². The van der Waals surface area contributed by atoms with Crippen LogP contribution in [0.15, 0.2) is 57.4 Å². The third-order valence-electron chi connectivity index (χ3n) is 7.21. The fraction of sp³-hybridized carbons (Fsp3) is 0.519. The van der Waals surface area contributed by atoms with Gasteiger partial charge in [0.15, 0.2) is 8.32 Å². The summed E-state index contributed by atoms with van der Waals surface area (Å²) in [7, 11) is -5.91. The number of hydrogen-bond donors (Lipinski definition) is 0. The van der Waals surface area contributed by atoms with E-state index in [1.807, 2.05) is 0 Å². The smallest absolute Gasteiger partial charge is 0.267 e. The molecule has 0 aromatic heterocycles. The summed E-state index contributed by atoms with van der Waals surface area (Å²) < 4.78 is 59.1. The summed E-state index contributed by atoms with van der Waals surface area (Å²) >= 11 is 3.39. The number of ether oxygens (including phenoxy) is 1. The van der Waals surface area contributed by atoms with Gasteiger partial charge in [-0.25, -0.2) is 12.8 Å². The Bertz CT molecular complexity index is 1210. The molecule has 9 heteroatoms. The lowest BCUT2D eigenvalue weighted by molar-refractivity contribution is 0.0797. The Morgan fingerprint density at radius 3 is 2.31 bits per heavy atom. The van der Waals surface area contributed by atoms with Gasteiger partial charge in [-0.05, 0) is 73.6 Å². The Morgan fingerprint density at radius 1 is 1.14 bits per heavy atom. The molecule has 0 amide bonds. The number of rotatable bonds is 8. The van der Waals surface area contributed by atoms with Gasteiger partial charge in [0.2, 0.25) is 5.90 Å². The van der Waals surface area contributed by atoms with Crippen molar-refractivity contribution in [2.45, 2.75) is 82.4 Å². The first-order valence-electron chi connectivity index (χ1n) is 12.2. The maximum atomic E-state index is 14.8. The first-order chi connectivity index (χ1) is 16.5. The van der Waals surface area contributed by atoms with Crippen molar-refractivity contribution in [3.05, 3.63) is 69.9 Å². The molecule has 0 saturated heterocycles. The van der Waals surface area contributed by atoms with Crippen molar-refractivity contribution in [3.8, 4) is 0 Å². The second-order valence-electron chi connectivity index (χ2n) is 11.5. The number of sulfonamides is 1. The van der Waals surface area contributed by atoms with Crippen molar-refractivity contribution >= 4 is 40.2 Å². The van der Waals surface area contributed by atoms with Crippen molar-refractivity contribution in [3.63, 3.8) is 0 Å². The Kier molecular flexibility index (Phi) is 8.60. The van der Waals surface area contributed by atoms with Crippen molar-refractivity contribution in [2.24, 2.45) is 4.40 Å². The lowest BCUT2D eigenvalue weighted by Crippen LogP contribution is -2.43. The second kappa shape index (κ2) is 10.7. The highest BCUT2D eigenvalue weighted by Gasteiger charge is 2.47. The molecule has 0 fully saturated rings.